The van der Waals surface area contributed by atoms with Crippen molar-refractivity contribution >= 4 is 17.4 Å². The molecule has 2 saturated heterocycles. The summed E-state index contributed by atoms with van der Waals surface area (Å²) >= 11 is 0. The van der Waals surface area contributed by atoms with Gasteiger partial charge in [0.25, 0.3) is 5.91 Å². The second-order valence-electron chi connectivity index (χ2n) is 9.22. The molecule has 1 unspecified atom stereocenters. The number of nitrogens with one attached hydrogen (secondary N) is 1. The number of likely N-dealkylation sites (tertiary alicyclic amines) is 1. The standard InChI is InChI=1S/C27H32N2O6/c1-18(2)35-22-10-6-20(7-11-22)25(31)23-24(19-4-8-21(30)9-5-19)29(27(33)26(23)32)13-3-12-28-14-16-34-17-15-28/h4-11,18,24,30-31H,3,12-17H2,1-2H3/b25-23+. The Hall–Kier alpha value is -3.36. The molecule has 2 N–H and O–H groups in total. The molecule has 0 bridgehead atoms. The molecule has 1 atom stereocenters. The fourth-order valence-corrected chi connectivity index (χ4v) is 4.63. The molecule has 8 heteroatoms. The van der Waals surface area contributed by atoms with E-state index >= 15 is 0 Å². The molecule has 0 spiro atoms. The van der Waals surface area contributed by atoms with Crippen LogP contribution in [-0.2, 0) is 14.3 Å². The van der Waals surface area contributed by atoms with Gasteiger partial charge in [0.2, 0.25) is 5.78 Å². The van der Waals surface area contributed by atoms with Crippen LogP contribution in [0, 0.1) is 0 Å². The Bertz CT molecular complexity index is 1070. The molecule has 2 aromatic carbocycles. The highest BCUT2D eigenvalue weighted by Crippen LogP contribution is 2.39. The Morgan fingerprint density at radius 3 is 2.40 bits per heavy atom. The molecule has 1 amide bonds. The number of amides is 1. The Morgan fingerprint density at radius 1 is 1.11 bits per heavy atom. The van der Waals surface area contributed by atoms with Crippen molar-refractivity contribution in [2.75, 3.05) is 39.4 Å². The number of Topliss-reactive ketones (excluding diaryl/α,β-unsaturated/α-hetero) is 1. The summed E-state index contributed by atoms with van der Waals surface area (Å²) in [7, 11) is 0. The molecule has 2 heterocycles. The zero-order valence-electron chi connectivity index (χ0n) is 20.2. The number of morpholine rings is 1. The van der Waals surface area contributed by atoms with Gasteiger partial charge in [-0.05, 0) is 49.2 Å². The van der Waals surface area contributed by atoms with Crippen LogP contribution in [0.15, 0.2) is 54.1 Å². The minimum Gasteiger partial charge on any atom is -0.872 e. The van der Waals surface area contributed by atoms with Crippen LogP contribution >= 0.6 is 0 Å². The highest BCUT2D eigenvalue weighted by molar-refractivity contribution is 6.46. The lowest BCUT2D eigenvalue weighted by Gasteiger charge is -2.29. The second kappa shape index (κ2) is 10.9. The maximum absolute atomic E-state index is 13.5. The summed E-state index contributed by atoms with van der Waals surface area (Å²) in [5.41, 5.74) is 0.876. The molecule has 35 heavy (non-hydrogen) atoms. The number of ketones is 1. The third kappa shape index (κ3) is 5.66. The van der Waals surface area contributed by atoms with Crippen molar-refractivity contribution in [3.63, 3.8) is 0 Å². The van der Waals surface area contributed by atoms with Gasteiger partial charge in [0.15, 0.2) is 0 Å². The van der Waals surface area contributed by atoms with Crippen LogP contribution in [0.25, 0.3) is 5.76 Å². The Morgan fingerprint density at radius 2 is 1.77 bits per heavy atom. The molecule has 2 aliphatic rings. The predicted octanol–water partition coefficient (Wildman–Crippen LogP) is 0.709. The lowest BCUT2D eigenvalue weighted by atomic mass is 9.95. The average Bonchev–Trinajstić information content (AvgIpc) is 3.10. The van der Waals surface area contributed by atoms with Crippen LogP contribution in [0.1, 0.15) is 37.4 Å². The quantitative estimate of drug-likeness (QED) is 0.328. The van der Waals surface area contributed by atoms with Gasteiger partial charge in [-0.15, -0.1) is 0 Å². The highest BCUT2D eigenvalue weighted by atomic mass is 16.5. The molecule has 0 aliphatic carbocycles. The summed E-state index contributed by atoms with van der Waals surface area (Å²) < 4.78 is 11.0. The van der Waals surface area contributed by atoms with Gasteiger partial charge < -0.3 is 29.5 Å². The van der Waals surface area contributed by atoms with Gasteiger partial charge in [0, 0.05) is 18.5 Å². The summed E-state index contributed by atoms with van der Waals surface area (Å²) in [5.74, 6) is -1.21. The predicted molar refractivity (Wildman–Crippen MR) is 128 cm³/mol. The molecule has 2 aromatic rings. The number of carbonyl (C=O) groups is 2. The maximum Gasteiger partial charge on any atom is 0.295 e. The first kappa shape index (κ1) is 24.8. The van der Waals surface area contributed by atoms with Crippen LogP contribution in [-0.4, -0.2) is 67.2 Å². The number of quaternary nitrogens is 1. The van der Waals surface area contributed by atoms with E-state index in [-0.39, 0.29) is 17.4 Å². The van der Waals surface area contributed by atoms with E-state index in [9.17, 15) is 19.8 Å². The molecule has 2 aliphatic heterocycles. The van der Waals surface area contributed by atoms with Crippen LogP contribution in [0.5, 0.6) is 11.5 Å². The number of aromatic hydroxyl groups is 1. The van der Waals surface area contributed by atoms with Gasteiger partial charge in [0.05, 0.1) is 31.9 Å². The van der Waals surface area contributed by atoms with Gasteiger partial charge in [0.1, 0.15) is 24.6 Å². The van der Waals surface area contributed by atoms with E-state index in [1.165, 1.54) is 21.9 Å². The van der Waals surface area contributed by atoms with Crippen molar-refractivity contribution in [3.05, 3.63) is 65.2 Å². The van der Waals surface area contributed by atoms with Crippen LogP contribution in [0.2, 0.25) is 0 Å². The number of hydrogen-bond donors (Lipinski definition) is 2. The van der Waals surface area contributed by atoms with Crippen molar-refractivity contribution in [2.45, 2.75) is 32.4 Å². The van der Waals surface area contributed by atoms with Gasteiger partial charge in [-0.1, -0.05) is 30.0 Å². The van der Waals surface area contributed by atoms with Crippen LogP contribution in [0.4, 0.5) is 0 Å². The summed E-state index contributed by atoms with van der Waals surface area (Å²) in [5, 5.41) is 23.3. The number of phenolic OH excluding ortho intramolecular Hbond substituents is 1. The fourth-order valence-electron chi connectivity index (χ4n) is 4.63. The lowest BCUT2D eigenvalue weighted by Crippen LogP contribution is -3.14. The molecule has 0 radical (unpaired) electrons. The molecule has 0 saturated carbocycles. The topological polar surface area (TPSA) is 104 Å². The first-order chi connectivity index (χ1) is 16.8. The van der Waals surface area contributed by atoms with E-state index in [2.05, 4.69) is 0 Å². The normalized spacial score (nSPS) is 20.5. The number of ether oxygens (including phenoxy) is 2. The van der Waals surface area contributed by atoms with Crippen molar-refractivity contribution in [3.8, 4) is 11.5 Å². The summed E-state index contributed by atoms with van der Waals surface area (Å²) in [6.45, 7) is 8.31. The molecular weight excluding hydrogens is 448 g/mol. The highest BCUT2D eigenvalue weighted by Gasteiger charge is 2.44. The van der Waals surface area contributed by atoms with E-state index in [4.69, 9.17) is 9.47 Å². The summed E-state index contributed by atoms with van der Waals surface area (Å²) in [6, 6.07) is 12.1. The zero-order chi connectivity index (χ0) is 24.9. The van der Waals surface area contributed by atoms with Crippen molar-refractivity contribution < 1.29 is 34.2 Å². The number of nitrogens with zero attached hydrogens (tertiary/aromatic N) is 1. The number of phenols is 1. The molecular formula is C27H32N2O6. The van der Waals surface area contributed by atoms with Gasteiger partial charge in [-0.2, -0.15) is 0 Å². The Balaban J connectivity index is 1.64. The number of benzene rings is 2. The minimum absolute atomic E-state index is 0.00769. The van der Waals surface area contributed by atoms with Crippen LogP contribution in [0.3, 0.4) is 0 Å². The Labute approximate surface area is 205 Å². The maximum atomic E-state index is 13.5. The van der Waals surface area contributed by atoms with Gasteiger partial charge in [-0.3, -0.25) is 9.59 Å². The lowest BCUT2D eigenvalue weighted by molar-refractivity contribution is -0.908. The van der Waals surface area contributed by atoms with Gasteiger partial charge >= 0.3 is 0 Å². The Kier molecular flexibility index (Phi) is 7.73. The molecule has 186 valence electrons. The monoisotopic (exact) mass is 480 g/mol. The SMILES string of the molecule is CC(C)Oc1ccc(/C([O-])=C2\C(=O)C(=O)N(CCC[NH+]3CCOCC3)C2c2ccc(O)cc2)cc1. The van der Waals surface area contributed by atoms with Crippen molar-refractivity contribution in [2.24, 2.45) is 0 Å². The van der Waals surface area contributed by atoms with Crippen LogP contribution < -0.4 is 14.7 Å². The third-order valence-electron chi connectivity index (χ3n) is 6.36. The zero-order valence-corrected chi connectivity index (χ0v) is 20.2. The van der Waals surface area contributed by atoms with E-state index < -0.39 is 23.5 Å². The summed E-state index contributed by atoms with van der Waals surface area (Å²) in [4.78, 5) is 29.1. The molecule has 4 rings (SSSR count). The van der Waals surface area contributed by atoms with Crippen molar-refractivity contribution in [1.82, 2.24) is 4.90 Å². The number of rotatable bonds is 8. The minimum atomic E-state index is -0.797. The average molecular weight is 481 g/mol. The third-order valence-corrected chi connectivity index (χ3v) is 6.36. The van der Waals surface area contributed by atoms with E-state index in [0.717, 1.165) is 32.8 Å². The largest absolute Gasteiger partial charge is 0.872 e. The second-order valence-corrected chi connectivity index (χ2v) is 9.22. The van der Waals surface area contributed by atoms with Crippen molar-refractivity contribution in [1.29, 1.82) is 0 Å². The molecule has 0 aromatic heterocycles. The van der Waals surface area contributed by atoms with E-state index in [0.29, 0.717) is 29.8 Å². The first-order valence-electron chi connectivity index (χ1n) is 12.1. The van der Waals surface area contributed by atoms with E-state index in [1.807, 2.05) is 13.8 Å². The fraction of sp³-hybridized carbons (Fsp3) is 0.407. The number of hydrogen-bond acceptors (Lipinski definition) is 6. The molecule has 2 fully saturated rings. The first-order valence-corrected chi connectivity index (χ1v) is 12.1. The summed E-state index contributed by atoms with van der Waals surface area (Å²) in [6.07, 6.45) is 0.692. The number of carbonyl (C=O) groups excluding carboxylic acids is 2. The van der Waals surface area contributed by atoms with Gasteiger partial charge in [-0.25, -0.2) is 0 Å². The smallest absolute Gasteiger partial charge is 0.295 e. The van der Waals surface area contributed by atoms with E-state index in [1.54, 1.807) is 36.4 Å². The molecule has 8 nitrogen and oxygen atoms in total.